The monoisotopic (exact) mass is 386 g/mol. The molecule has 26 heavy (non-hydrogen) atoms. The number of morpholine rings is 1. The van der Waals surface area contributed by atoms with Crippen molar-refractivity contribution in [3.63, 3.8) is 0 Å². The molecule has 1 aromatic carbocycles. The van der Waals surface area contributed by atoms with Gasteiger partial charge >= 0.3 is 0 Å². The van der Waals surface area contributed by atoms with Gasteiger partial charge in [0.05, 0.1) is 24.8 Å². The molecule has 0 spiro atoms. The number of thiocarbonyl (C=S) groups is 1. The van der Waals surface area contributed by atoms with Crippen molar-refractivity contribution in [1.82, 2.24) is 9.80 Å². The number of nitrogens with zero attached hydrogens (tertiary/aromatic N) is 2. The van der Waals surface area contributed by atoms with Gasteiger partial charge in [-0.3, -0.25) is 14.6 Å². The number of ether oxygens (including phenoxy) is 1. The molecular formula is C19H18N2O3S2. The van der Waals surface area contributed by atoms with Crippen LogP contribution in [-0.2, 0) is 9.53 Å². The molecule has 2 saturated heterocycles. The first-order valence-corrected chi connectivity index (χ1v) is 9.64. The molecule has 0 aliphatic carbocycles. The third kappa shape index (κ3) is 3.76. The fourth-order valence-corrected chi connectivity index (χ4v) is 4.10. The van der Waals surface area contributed by atoms with Gasteiger partial charge in [-0.2, -0.15) is 0 Å². The molecule has 3 heterocycles. The Kier molecular flexibility index (Phi) is 5.21. The Bertz CT molecular complexity index is 841. The van der Waals surface area contributed by atoms with Gasteiger partial charge in [-0.15, -0.1) is 0 Å². The van der Waals surface area contributed by atoms with E-state index in [-0.39, 0.29) is 5.91 Å². The van der Waals surface area contributed by atoms with Gasteiger partial charge in [-0.1, -0.05) is 54.3 Å². The van der Waals surface area contributed by atoms with Gasteiger partial charge in [-0.05, 0) is 12.1 Å². The van der Waals surface area contributed by atoms with Gasteiger partial charge < -0.3 is 9.15 Å². The number of rotatable bonds is 4. The van der Waals surface area contributed by atoms with Crippen LogP contribution in [-0.4, -0.2) is 53.0 Å². The van der Waals surface area contributed by atoms with Crippen molar-refractivity contribution in [2.24, 2.45) is 0 Å². The van der Waals surface area contributed by atoms with E-state index in [4.69, 9.17) is 21.4 Å². The summed E-state index contributed by atoms with van der Waals surface area (Å²) in [4.78, 5) is 17.1. The number of carbonyl (C=O) groups excluding carboxylic acids is 1. The molecule has 4 rings (SSSR count). The van der Waals surface area contributed by atoms with E-state index in [2.05, 4.69) is 4.90 Å². The molecule has 2 aliphatic rings. The molecule has 7 heteroatoms. The zero-order valence-corrected chi connectivity index (χ0v) is 15.7. The summed E-state index contributed by atoms with van der Waals surface area (Å²) >= 11 is 6.72. The average molecular weight is 386 g/mol. The van der Waals surface area contributed by atoms with Crippen LogP contribution >= 0.6 is 24.0 Å². The summed E-state index contributed by atoms with van der Waals surface area (Å²) in [6, 6.07) is 13.7. The van der Waals surface area contributed by atoms with E-state index in [0.29, 0.717) is 34.9 Å². The van der Waals surface area contributed by atoms with Gasteiger partial charge in [0, 0.05) is 24.7 Å². The van der Waals surface area contributed by atoms with E-state index in [1.54, 1.807) is 11.0 Å². The second-order valence-corrected chi connectivity index (χ2v) is 7.73. The van der Waals surface area contributed by atoms with Crippen molar-refractivity contribution in [2.75, 3.05) is 33.0 Å². The number of carbonyl (C=O) groups is 1. The fourth-order valence-electron chi connectivity index (χ4n) is 2.88. The summed E-state index contributed by atoms with van der Waals surface area (Å²) in [6.07, 6.45) is 1.77. The number of amides is 1. The fraction of sp³-hybridized carbons (Fsp3) is 0.263. The van der Waals surface area contributed by atoms with Crippen LogP contribution < -0.4 is 0 Å². The highest BCUT2D eigenvalue weighted by Crippen LogP contribution is 2.33. The van der Waals surface area contributed by atoms with Gasteiger partial charge in [0.1, 0.15) is 15.8 Å². The van der Waals surface area contributed by atoms with E-state index in [0.717, 1.165) is 24.4 Å². The second kappa shape index (κ2) is 7.75. The number of benzene rings is 1. The Balaban J connectivity index is 1.48. The van der Waals surface area contributed by atoms with E-state index >= 15 is 0 Å². The number of thioether (sulfide) groups is 1. The predicted octanol–water partition coefficient (Wildman–Crippen LogP) is 3.44. The summed E-state index contributed by atoms with van der Waals surface area (Å²) in [6.45, 7) is 3.53. The standard InChI is InChI=1S/C19H18N2O3S2/c22-18-17(26-19(25)21(18)13-20-8-10-23-11-9-20)12-15-6-7-16(24-15)14-4-2-1-3-5-14/h1-7,12H,8-11,13H2/b17-12+. The van der Waals surface area contributed by atoms with Crippen molar-refractivity contribution < 1.29 is 13.9 Å². The normalized spacial score (nSPS) is 20.3. The molecule has 2 aliphatic heterocycles. The summed E-state index contributed by atoms with van der Waals surface area (Å²) in [5, 5.41) is 0. The average Bonchev–Trinajstić information content (AvgIpc) is 3.24. The quantitative estimate of drug-likeness (QED) is 0.593. The maximum atomic E-state index is 12.7. The van der Waals surface area contributed by atoms with E-state index in [1.165, 1.54) is 11.8 Å². The summed E-state index contributed by atoms with van der Waals surface area (Å²) in [7, 11) is 0. The lowest BCUT2D eigenvalue weighted by molar-refractivity contribution is -0.124. The van der Waals surface area contributed by atoms with Crippen molar-refractivity contribution in [1.29, 1.82) is 0 Å². The maximum absolute atomic E-state index is 12.7. The van der Waals surface area contributed by atoms with Gasteiger partial charge in [0.15, 0.2) is 0 Å². The minimum atomic E-state index is -0.0656. The SMILES string of the molecule is O=C1/C(=C\c2ccc(-c3ccccc3)o2)SC(=S)N1CN1CCOCC1. The van der Waals surface area contributed by atoms with E-state index in [1.807, 2.05) is 42.5 Å². The highest BCUT2D eigenvalue weighted by atomic mass is 32.2. The zero-order valence-electron chi connectivity index (χ0n) is 14.1. The molecule has 2 aromatic rings. The first-order valence-electron chi connectivity index (χ1n) is 8.41. The van der Waals surface area contributed by atoms with Crippen LogP contribution in [0.25, 0.3) is 17.4 Å². The summed E-state index contributed by atoms with van der Waals surface area (Å²) in [5.41, 5.74) is 1.01. The molecule has 0 unspecified atom stereocenters. The molecule has 1 aromatic heterocycles. The molecular weight excluding hydrogens is 368 g/mol. The van der Waals surface area contributed by atoms with Gasteiger partial charge in [-0.25, -0.2) is 0 Å². The van der Waals surface area contributed by atoms with Crippen LogP contribution in [0.1, 0.15) is 5.76 Å². The molecule has 1 amide bonds. The molecule has 0 bridgehead atoms. The molecule has 134 valence electrons. The topological polar surface area (TPSA) is 45.9 Å². The van der Waals surface area contributed by atoms with Crippen molar-refractivity contribution in [2.45, 2.75) is 0 Å². The minimum absolute atomic E-state index is 0.0656. The van der Waals surface area contributed by atoms with Crippen molar-refractivity contribution in [3.05, 3.63) is 53.1 Å². The van der Waals surface area contributed by atoms with E-state index in [9.17, 15) is 4.79 Å². The molecule has 0 N–H and O–H groups in total. The molecule has 0 radical (unpaired) electrons. The smallest absolute Gasteiger partial charge is 0.267 e. The number of hydrogen-bond acceptors (Lipinski definition) is 6. The predicted molar refractivity (Wildman–Crippen MR) is 106 cm³/mol. The Morgan fingerprint density at radius 2 is 1.88 bits per heavy atom. The lowest BCUT2D eigenvalue weighted by Crippen LogP contribution is -2.45. The molecule has 0 saturated carbocycles. The minimum Gasteiger partial charge on any atom is -0.457 e. The van der Waals surface area contributed by atoms with Gasteiger partial charge in [0.2, 0.25) is 0 Å². The molecule has 5 nitrogen and oxygen atoms in total. The summed E-state index contributed by atoms with van der Waals surface area (Å²) in [5.74, 6) is 1.36. The Morgan fingerprint density at radius 1 is 1.12 bits per heavy atom. The first kappa shape index (κ1) is 17.5. The third-order valence-electron chi connectivity index (χ3n) is 4.28. The summed E-state index contributed by atoms with van der Waals surface area (Å²) < 4.78 is 11.8. The largest absolute Gasteiger partial charge is 0.457 e. The number of hydrogen-bond donors (Lipinski definition) is 0. The second-order valence-electron chi connectivity index (χ2n) is 6.05. The Hall–Kier alpha value is -1.93. The van der Waals surface area contributed by atoms with E-state index < -0.39 is 0 Å². The zero-order chi connectivity index (χ0) is 17.9. The molecule has 0 atom stereocenters. The van der Waals surface area contributed by atoms with Crippen LogP contribution in [0, 0.1) is 0 Å². The Labute approximate surface area is 161 Å². The highest BCUT2D eigenvalue weighted by molar-refractivity contribution is 8.26. The highest BCUT2D eigenvalue weighted by Gasteiger charge is 2.33. The van der Waals surface area contributed by atoms with Crippen molar-refractivity contribution in [3.8, 4) is 11.3 Å². The lowest BCUT2D eigenvalue weighted by Gasteiger charge is -2.29. The van der Waals surface area contributed by atoms with Crippen LogP contribution in [0.5, 0.6) is 0 Å². The number of furan rings is 1. The van der Waals surface area contributed by atoms with Crippen LogP contribution in [0.2, 0.25) is 0 Å². The van der Waals surface area contributed by atoms with Crippen LogP contribution in [0.15, 0.2) is 51.8 Å². The first-order chi connectivity index (χ1) is 12.7. The van der Waals surface area contributed by atoms with Crippen LogP contribution in [0.4, 0.5) is 0 Å². The molecule has 2 fully saturated rings. The third-order valence-corrected chi connectivity index (χ3v) is 5.65. The van der Waals surface area contributed by atoms with Gasteiger partial charge in [0.25, 0.3) is 5.91 Å². The van der Waals surface area contributed by atoms with Crippen LogP contribution in [0.3, 0.4) is 0 Å². The maximum Gasteiger partial charge on any atom is 0.267 e. The Morgan fingerprint density at radius 3 is 2.65 bits per heavy atom. The lowest BCUT2D eigenvalue weighted by atomic mass is 10.2. The van der Waals surface area contributed by atoms with Crippen molar-refractivity contribution >= 4 is 40.3 Å².